The minimum absolute atomic E-state index is 0.0307. The Hall–Kier alpha value is -2.62. The van der Waals surface area contributed by atoms with E-state index in [-0.39, 0.29) is 5.91 Å². The molecule has 0 fully saturated rings. The summed E-state index contributed by atoms with van der Waals surface area (Å²) < 4.78 is 1.94. The van der Waals surface area contributed by atoms with Crippen LogP contribution in [0.5, 0.6) is 0 Å². The summed E-state index contributed by atoms with van der Waals surface area (Å²) in [6.07, 6.45) is 2.77. The van der Waals surface area contributed by atoms with Crippen LogP contribution in [0.25, 0.3) is 10.9 Å². The molecule has 4 nitrogen and oxygen atoms in total. The summed E-state index contributed by atoms with van der Waals surface area (Å²) in [4.78, 5) is 12.1. The van der Waals surface area contributed by atoms with Gasteiger partial charge in [0.25, 0.3) is 5.91 Å². The Bertz CT molecular complexity index is 818. The lowest BCUT2D eigenvalue weighted by Gasteiger charge is -2.07. The maximum absolute atomic E-state index is 12.1. The summed E-state index contributed by atoms with van der Waals surface area (Å²) in [7, 11) is 0. The van der Waals surface area contributed by atoms with Gasteiger partial charge in [0.15, 0.2) is 0 Å². The smallest absolute Gasteiger partial charge is 0.251 e. The molecule has 4 heteroatoms. The first-order valence-electron chi connectivity index (χ1n) is 7.96. The number of aromatic nitrogens is 2. The van der Waals surface area contributed by atoms with Crippen molar-refractivity contribution in [1.82, 2.24) is 15.1 Å². The molecule has 0 saturated heterocycles. The number of rotatable bonds is 5. The van der Waals surface area contributed by atoms with Gasteiger partial charge in [-0.15, -0.1) is 0 Å². The number of aryl methyl sites for hydroxylation is 1. The van der Waals surface area contributed by atoms with Crippen LogP contribution in [0.15, 0.2) is 48.7 Å². The maximum atomic E-state index is 12.1. The van der Waals surface area contributed by atoms with Gasteiger partial charge in [-0.3, -0.25) is 9.48 Å². The van der Waals surface area contributed by atoms with E-state index in [1.807, 2.05) is 36.0 Å². The molecule has 0 radical (unpaired) electrons. The molecule has 0 saturated carbocycles. The van der Waals surface area contributed by atoms with E-state index in [1.54, 1.807) is 0 Å². The van der Waals surface area contributed by atoms with Gasteiger partial charge in [-0.2, -0.15) is 5.10 Å². The lowest BCUT2D eigenvalue weighted by molar-refractivity contribution is 0.0954. The van der Waals surface area contributed by atoms with Crippen LogP contribution < -0.4 is 5.32 Å². The molecule has 1 aromatic heterocycles. The normalized spacial score (nSPS) is 10.9. The van der Waals surface area contributed by atoms with E-state index in [4.69, 9.17) is 0 Å². The van der Waals surface area contributed by atoms with Crippen molar-refractivity contribution < 1.29 is 4.79 Å². The standard InChI is InChI=1S/C19H21N3O/c1-3-10-20-19(23)16-8-9-17-12-21-22(18(17)11-16)13-15-6-4-14(2)5-7-15/h4-9,11-12H,3,10,13H2,1-2H3,(H,20,23). The summed E-state index contributed by atoms with van der Waals surface area (Å²) in [6, 6.07) is 14.2. The van der Waals surface area contributed by atoms with Crippen LogP contribution in [0.1, 0.15) is 34.8 Å². The van der Waals surface area contributed by atoms with E-state index in [2.05, 4.69) is 41.6 Å². The molecule has 0 unspecified atom stereocenters. The molecular weight excluding hydrogens is 286 g/mol. The van der Waals surface area contributed by atoms with Gasteiger partial charge < -0.3 is 5.32 Å². The van der Waals surface area contributed by atoms with E-state index in [0.717, 1.165) is 17.3 Å². The van der Waals surface area contributed by atoms with Gasteiger partial charge in [-0.25, -0.2) is 0 Å². The highest BCUT2D eigenvalue weighted by Gasteiger charge is 2.09. The van der Waals surface area contributed by atoms with Crippen molar-refractivity contribution in [2.45, 2.75) is 26.8 Å². The molecule has 3 rings (SSSR count). The molecule has 118 valence electrons. The third-order valence-electron chi connectivity index (χ3n) is 3.90. The van der Waals surface area contributed by atoms with E-state index in [0.29, 0.717) is 18.7 Å². The zero-order chi connectivity index (χ0) is 16.2. The van der Waals surface area contributed by atoms with Crippen molar-refractivity contribution in [1.29, 1.82) is 0 Å². The molecule has 1 amide bonds. The fourth-order valence-corrected chi connectivity index (χ4v) is 2.54. The molecule has 1 N–H and O–H groups in total. The Morgan fingerprint density at radius 2 is 1.96 bits per heavy atom. The number of amides is 1. The Labute approximate surface area is 136 Å². The van der Waals surface area contributed by atoms with Gasteiger partial charge in [0.2, 0.25) is 0 Å². The average Bonchev–Trinajstić information content (AvgIpc) is 2.97. The topological polar surface area (TPSA) is 46.9 Å². The van der Waals surface area contributed by atoms with E-state index in [9.17, 15) is 4.79 Å². The fourth-order valence-electron chi connectivity index (χ4n) is 2.54. The number of hydrogen-bond donors (Lipinski definition) is 1. The molecule has 0 bridgehead atoms. The number of fused-ring (bicyclic) bond motifs is 1. The third-order valence-corrected chi connectivity index (χ3v) is 3.90. The van der Waals surface area contributed by atoms with Gasteiger partial charge in [0.05, 0.1) is 18.3 Å². The van der Waals surface area contributed by atoms with E-state index in [1.165, 1.54) is 11.1 Å². The first-order valence-corrected chi connectivity index (χ1v) is 7.96. The van der Waals surface area contributed by atoms with Gasteiger partial charge in [0, 0.05) is 17.5 Å². The summed E-state index contributed by atoms with van der Waals surface area (Å²) >= 11 is 0. The minimum atomic E-state index is -0.0307. The SMILES string of the molecule is CCCNC(=O)c1ccc2cnn(Cc3ccc(C)cc3)c2c1. The van der Waals surface area contributed by atoms with Crippen molar-refractivity contribution in [3.05, 3.63) is 65.4 Å². The van der Waals surface area contributed by atoms with Crippen LogP contribution >= 0.6 is 0 Å². The molecule has 0 aliphatic heterocycles. The zero-order valence-electron chi connectivity index (χ0n) is 13.5. The first kappa shape index (κ1) is 15.3. The van der Waals surface area contributed by atoms with Gasteiger partial charge in [-0.05, 0) is 31.0 Å². The summed E-state index contributed by atoms with van der Waals surface area (Å²) in [5.41, 5.74) is 4.10. The van der Waals surface area contributed by atoms with E-state index < -0.39 is 0 Å². The summed E-state index contributed by atoms with van der Waals surface area (Å²) in [6.45, 7) is 5.51. The summed E-state index contributed by atoms with van der Waals surface area (Å²) in [5, 5.41) is 8.42. The maximum Gasteiger partial charge on any atom is 0.251 e. The molecule has 2 aromatic carbocycles. The largest absolute Gasteiger partial charge is 0.352 e. The summed E-state index contributed by atoms with van der Waals surface area (Å²) in [5.74, 6) is -0.0307. The monoisotopic (exact) mass is 307 g/mol. The average molecular weight is 307 g/mol. The van der Waals surface area contributed by atoms with Crippen LogP contribution in [-0.2, 0) is 6.54 Å². The molecule has 0 aliphatic carbocycles. The Kier molecular flexibility index (Phi) is 4.42. The molecule has 0 spiro atoms. The van der Waals surface area contributed by atoms with Gasteiger partial charge >= 0.3 is 0 Å². The molecule has 3 aromatic rings. The van der Waals surface area contributed by atoms with Crippen LogP contribution in [0.4, 0.5) is 0 Å². The van der Waals surface area contributed by atoms with Gasteiger partial charge in [0.1, 0.15) is 0 Å². The number of benzene rings is 2. The molecule has 0 atom stereocenters. The minimum Gasteiger partial charge on any atom is -0.352 e. The molecular formula is C19H21N3O. The van der Waals surface area contributed by atoms with Crippen molar-refractivity contribution in [2.24, 2.45) is 0 Å². The number of hydrogen-bond acceptors (Lipinski definition) is 2. The van der Waals surface area contributed by atoms with E-state index >= 15 is 0 Å². The highest BCUT2D eigenvalue weighted by Crippen LogP contribution is 2.17. The predicted octanol–water partition coefficient (Wildman–Crippen LogP) is 3.53. The lowest BCUT2D eigenvalue weighted by Crippen LogP contribution is -2.23. The molecule has 23 heavy (non-hydrogen) atoms. The van der Waals surface area contributed by atoms with Crippen molar-refractivity contribution in [3.8, 4) is 0 Å². The van der Waals surface area contributed by atoms with Crippen molar-refractivity contribution in [2.75, 3.05) is 6.54 Å². The predicted molar refractivity (Wildman–Crippen MR) is 92.6 cm³/mol. The lowest BCUT2D eigenvalue weighted by atomic mass is 10.1. The highest BCUT2D eigenvalue weighted by molar-refractivity contribution is 5.97. The number of nitrogens with zero attached hydrogens (tertiary/aromatic N) is 2. The highest BCUT2D eigenvalue weighted by atomic mass is 16.1. The Morgan fingerprint density at radius 3 is 2.70 bits per heavy atom. The quantitative estimate of drug-likeness (QED) is 0.784. The van der Waals surface area contributed by atoms with Crippen molar-refractivity contribution in [3.63, 3.8) is 0 Å². The second-order valence-electron chi connectivity index (χ2n) is 5.82. The third kappa shape index (κ3) is 3.42. The number of nitrogens with one attached hydrogen (secondary N) is 1. The Balaban J connectivity index is 1.89. The number of carbonyl (C=O) groups is 1. The van der Waals surface area contributed by atoms with Crippen LogP contribution in [0.2, 0.25) is 0 Å². The van der Waals surface area contributed by atoms with Crippen molar-refractivity contribution >= 4 is 16.8 Å². The molecule has 0 aliphatic rings. The second-order valence-corrected chi connectivity index (χ2v) is 5.82. The van der Waals surface area contributed by atoms with Crippen LogP contribution in [0.3, 0.4) is 0 Å². The molecule has 1 heterocycles. The zero-order valence-corrected chi connectivity index (χ0v) is 13.5. The fraction of sp³-hybridized carbons (Fsp3) is 0.263. The van der Waals surface area contributed by atoms with Crippen LogP contribution in [0, 0.1) is 6.92 Å². The first-order chi connectivity index (χ1) is 11.2. The Morgan fingerprint density at radius 1 is 1.17 bits per heavy atom. The second kappa shape index (κ2) is 6.65. The van der Waals surface area contributed by atoms with Crippen LogP contribution in [-0.4, -0.2) is 22.2 Å². The number of carbonyl (C=O) groups excluding carboxylic acids is 1. The van der Waals surface area contributed by atoms with Gasteiger partial charge in [-0.1, -0.05) is 42.8 Å².